The van der Waals surface area contributed by atoms with Crippen LogP contribution in [0.15, 0.2) is 24.3 Å². The lowest BCUT2D eigenvalue weighted by Crippen LogP contribution is -2.41. The summed E-state index contributed by atoms with van der Waals surface area (Å²) in [7, 11) is 0. The van der Waals surface area contributed by atoms with Crippen molar-refractivity contribution in [1.29, 1.82) is 0 Å². The zero-order valence-corrected chi connectivity index (χ0v) is 11.2. The Morgan fingerprint density at radius 3 is 2.44 bits per heavy atom. The van der Waals surface area contributed by atoms with Gasteiger partial charge in [0.15, 0.2) is 0 Å². The van der Waals surface area contributed by atoms with E-state index in [0.29, 0.717) is 6.04 Å². The van der Waals surface area contributed by atoms with Crippen LogP contribution >= 0.6 is 0 Å². The van der Waals surface area contributed by atoms with Crippen LogP contribution in [-0.2, 0) is 6.42 Å². The van der Waals surface area contributed by atoms with Crippen molar-refractivity contribution in [2.24, 2.45) is 5.73 Å². The number of hydrogen-bond acceptors (Lipinski definition) is 3. The minimum absolute atomic E-state index is 0.349. The Morgan fingerprint density at radius 2 is 1.89 bits per heavy atom. The van der Waals surface area contributed by atoms with Crippen molar-refractivity contribution in [3.8, 4) is 0 Å². The Bertz CT molecular complexity index is 355. The number of rotatable bonds is 4. The molecule has 1 aromatic carbocycles. The average molecular weight is 248 g/mol. The summed E-state index contributed by atoms with van der Waals surface area (Å²) < 4.78 is 0. The van der Waals surface area contributed by atoms with Crippen molar-refractivity contribution in [2.45, 2.75) is 38.3 Å². The van der Waals surface area contributed by atoms with Gasteiger partial charge >= 0.3 is 0 Å². The lowest BCUT2D eigenvalue weighted by molar-refractivity contribution is 0.0977. The van der Waals surface area contributed by atoms with Crippen LogP contribution in [0.25, 0.3) is 0 Å². The van der Waals surface area contributed by atoms with Crippen molar-refractivity contribution < 1.29 is 5.11 Å². The Morgan fingerprint density at radius 1 is 1.28 bits per heavy atom. The molecule has 1 saturated heterocycles. The molecule has 18 heavy (non-hydrogen) atoms. The summed E-state index contributed by atoms with van der Waals surface area (Å²) in [5.41, 5.74) is 8.21. The monoisotopic (exact) mass is 248 g/mol. The lowest BCUT2D eigenvalue weighted by Gasteiger charge is -2.31. The van der Waals surface area contributed by atoms with Crippen molar-refractivity contribution in [1.82, 2.24) is 4.90 Å². The van der Waals surface area contributed by atoms with Crippen LogP contribution in [-0.4, -0.2) is 35.7 Å². The molecule has 0 aromatic heterocycles. The predicted molar refractivity (Wildman–Crippen MR) is 74.4 cm³/mol. The number of aliphatic hydroxyl groups excluding tert-OH is 1. The molecule has 3 heteroatoms. The largest absolute Gasteiger partial charge is 0.387 e. The Kier molecular flexibility index (Phi) is 4.75. The van der Waals surface area contributed by atoms with Crippen molar-refractivity contribution >= 4 is 0 Å². The highest BCUT2D eigenvalue weighted by atomic mass is 16.3. The average Bonchev–Trinajstić information content (AvgIpc) is 2.41. The van der Waals surface area contributed by atoms with E-state index in [9.17, 15) is 5.11 Å². The molecule has 1 heterocycles. The molecule has 1 atom stereocenters. The maximum atomic E-state index is 10.2. The number of β-amino-alcohol motifs (C(OH)–C–C–N with tert-alkyl or cyclic N) is 1. The molecule has 100 valence electrons. The quantitative estimate of drug-likeness (QED) is 0.853. The smallest absolute Gasteiger partial charge is 0.0916 e. The lowest BCUT2D eigenvalue weighted by atomic mass is 10.0. The molecule has 3 N–H and O–H groups in total. The maximum absolute atomic E-state index is 10.2. The van der Waals surface area contributed by atoms with E-state index >= 15 is 0 Å². The highest BCUT2D eigenvalue weighted by molar-refractivity contribution is 5.24. The van der Waals surface area contributed by atoms with Gasteiger partial charge in [0.05, 0.1) is 6.10 Å². The van der Waals surface area contributed by atoms with Crippen LogP contribution in [0.2, 0.25) is 0 Å². The van der Waals surface area contributed by atoms with E-state index in [2.05, 4.69) is 24.0 Å². The van der Waals surface area contributed by atoms with Crippen molar-refractivity contribution in [3.63, 3.8) is 0 Å². The molecular formula is C15H24N2O. The van der Waals surface area contributed by atoms with E-state index in [1.807, 2.05) is 12.1 Å². The van der Waals surface area contributed by atoms with Crippen LogP contribution in [0, 0.1) is 0 Å². The van der Waals surface area contributed by atoms with E-state index < -0.39 is 0 Å². The highest BCUT2D eigenvalue weighted by Crippen LogP contribution is 2.18. The molecule has 1 unspecified atom stereocenters. The van der Waals surface area contributed by atoms with Gasteiger partial charge in [0.2, 0.25) is 0 Å². The van der Waals surface area contributed by atoms with Gasteiger partial charge < -0.3 is 15.7 Å². The highest BCUT2D eigenvalue weighted by Gasteiger charge is 2.19. The first-order valence-corrected chi connectivity index (χ1v) is 6.94. The molecular weight excluding hydrogens is 224 g/mol. The van der Waals surface area contributed by atoms with E-state index in [0.717, 1.165) is 44.5 Å². The molecule has 0 bridgehead atoms. The summed E-state index contributed by atoms with van der Waals surface area (Å²) in [6, 6.07) is 8.63. The number of piperidine rings is 1. The van der Waals surface area contributed by atoms with Gasteiger partial charge in [-0.2, -0.15) is 0 Å². The van der Waals surface area contributed by atoms with Crippen LogP contribution in [0.1, 0.15) is 37.0 Å². The summed E-state index contributed by atoms with van der Waals surface area (Å²) in [4.78, 5) is 2.31. The van der Waals surface area contributed by atoms with Gasteiger partial charge in [-0.25, -0.2) is 0 Å². The third-order valence-electron chi connectivity index (χ3n) is 3.84. The summed E-state index contributed by atoms with van der Waals surface area (Å²) in [6.07, 6.45) is 2.74. The Balaban J connectivity index is 1.88. The topological polar surface area (TPSA) is 49.5 Å². The van der Waals surface area contributed by atoms with Crippen molar-refractivity contribution in [3.05, 3.63) is 35.4 Å². The minimum atomic E-state index is -0.384. The molecule has 0 saturated carbocycles. The second-order valence-electron chi connectivity index (χ2n) is 5.25. The molecule has 0 amide bonds. The van der Waals surface area contributed by atoms with E-state index in [-0.39, 0.29) is 6.10 Å². The van der Waals surface area contributed by atoms with E-state index in [1.165, 1.54) is 5.56 Å². The van der Waals surface area contributed by atoms with Crippen LogP contribution in [0.4, 0.5) is 0 Å². The number of hydrogen-bond donors (Lipinski definition) is 2. The molecule has 1 aliphatic heterocycles. The fourth-order valence-corrected chi connectivity index (χ4v) is 2.46. The molecule has 2 rings (SSSR count). The Labute approximate surface area is 110 Å². The molecule has 1 fully saturated rings. The zero-order chi connectivity index (χ0) is 13.0. The third-order valence-corrected chi connectivity index (χ3v) is 3.84. The fraction of sp³-hybridized carbons (Fsp3) is 0.600. The van der Waals surface area contributed by atoms with Gasteiger partial charge in [0.25, 0.3) is 0 Å². The molecule has 0 spiro atoms. The van der Waals surface area contributed by atoms with E-state index in [1.54, 1.807) is 0 Å². The summed E-state index contributed by atoms with van der Waals surface area (Å²) in [6.45, 7) is 4.87. The second kappa shape index (κ2) is 6.32. The minimum Gasteiger partial charge on any atom is -0.387 e. The normalized spacial score (nSPS) is 19.9. The van der Waals surface area contributed by atoms with Gasteiger partial charge in [-0.05, 0) is 43.5 Å². The first-order valence-electron chi connectivity index (χ1n) is 6.94. The van der Waals surface area contributed by atoms with Gasteiger partial charge in [0.1, 0.15) is 0 Å². The number of benzene rings is 1. The maximum Gasteiger partial charge on any atom is 0.0916 e. The van der Waals surface area contributed by atoms with Gasteiger partial charge in [0, 0.05) is 12.6 Å². The number of nitrogens with two attached hydrogens (primary N) is 1. The SMILES string of the molecule is CCc1ccc(C(O)CN2CCC(N)CC2)cc1. The zero-order valence-electron chi connectivity index (χ0n) is 11.2. The first kappa shape index (κ1) is 13.5. The van der Waals surface area contributed by atoms with Crippen LogP contribution in [0.5, 0.6) is 0 Å². The standard InChI is InChI=1S/C15H24N2O/c1-2-12-3-5-13(6-4-12)15(18)11-17-9-7-14(16)8-10-17/h3-6,14-15,18H,2,7-11,16H2,1H3. The molecule has 3 nitrogen and oxygen atoms in total. The van der Waals surface area contributed by atoms with Crippen LogP contribution in [0.3, 0.4) is 0 Å². The fourth-order valence-electron chi connectivity index (χ4n) is 2.46. The summed E-state index contributed by atoms with van der Waals surface area (Å²) >= 11 is 0. The first-order chi connectivity index (χ1) is 8.69. The second-order valence-corrected chi connectivity index (χ2v) is 5.25. The molecule has 0 aliphatic carbocycles. The number of aliphatic hydroxyl groups is 1. The van der Waals surface area contributed by atoms with Crippen molar-refractivity contribution in [2.75, 3.05) is 19.6 Å². The molecule has 1 aromatic rings. The number of aryl methyl sites for hydroxylation is 1. The van der Waals surface area contributed by atoms with E-state index in [4.69, 9.17) is 5.73 Å². The number of nitrogens with zero attached hydrogens (tertiary/aromatic N) is 1. The molecule has 1 aliphatic rings. The summed E-state index contributed by atoms with van der Waals surface area (Å²) in [5.74, 6) is 0. The predicted octanol–water partition coefficient (Wildman–Crippen LogP) is 1.71. The number of likely N-dealkylation sites (tertiary alicyclic amines) is 1. The van der Waals surface area contributed by atoms with Gasteiger partial charge in [-0.15, -0.1) is 0 Å². The Hall–Kier alpha value is -0.900. The molecule has 0 radical (unpaired) electrons. The van der Waals surface area contributed by atoms with Crippen LogP contribution < -0.4 is 5.73 Å². The third kappa shape index (κ3) is 3.55. The van der Waals surface area contributed by atoms with Gasteiger partial charge in [-0.1, -0.05) is 31.2 Å². The van der Waals surface area contributed by atoms with Gasteiger partial charge in [-0.3, -0.25) is 0 Å². The summed E-state index contributed by atoms with van der Waals surface area (Å²) in [5, 5.41) is 10.2.